The van der Waals surface area contributed by atoms with E-state index in [1.807, 2.05) is 24.3 Å². The molecule has 0 spiro atoms. The summed E-state index contributed by atoms with van der Waals surface area (Å²) < 4.78 is 39.1. The van der Waals surface area contributed by atoms with Gasteiger partial charge in [-0.3, -0.25) is 0 Å². The van der Waals surface area contributed by atoms with Crippen LogP contribution >= 0.6 is 15.9 Å². The van der Waals surface area contributed by atoms with Gasteiger partial charge in [0.15, 0.2) is 0 Å². The Morgan fingerprint density at radius 3 is 2.57 bits per heavy atom. The number of hydrogen-bond acceptors (Lipinski definition) is 3. The van der Waals surface area contributed by atoms with Crippen molar-refractivity contribution in [1.82, 2.24) is 4.98 Å². The maximum Gasteiger partial charge on any atom is 0.433 e. The summed E-state index contributed by atoms with van der Waals surface area (Å²) in [5.74, 6) is 0. The van der Waals surface area contributed by atoms with Crippen molar-refractivity contribution in [3.63, 3.8) is 0 Å². The predicted octanol–water partition coefficient (Wildman–Crippen LogP) is 4.08. The fourth-order valence-corrected chi connectivity index (χ4v) is 2.32. The number of nitrogens with two attached hydrogens (primary N) is 1. The third-order valence-corrected chi connectivity index (χ3v) is 3.75. The smallest absolute Gasteiger partial charge is 0.396 e. The Bertz CT molecular complexity index is 644. The predicted molar refractivity (Wildman–Crippen MR) is 79.9 cm³/mol. The second-order valence-corrected chi connectivity index (χ2v) is 5.43. The molecule has 0 saturated carbocycles. The second-order valence-electron chi connectivity index (χ2n) is 4.57. The molecule has 0 amide bonds. The van der Waals surface area contributed by atoms with Crippen LogP contribution in [0.5, 0.6) is 0 Å². The van der Waals surface area contributed by atoms with Crippen molar-refractivity contribution in [3.8, 4) is 0 Å². The van der Waals surface area contributed by atoms with Gasteiger partial charge in [0.1, 0.15) is 5.69 Å². The van der Waals surface area contributed by atoms with E-state index in [4.69, 9.17) is 5.73 Å². The molecule has 0 atom stereocenters. The summed E-state index contributed by atoms with van der Waals surface area (Å²) in [5, 5.41) is 0. The van der Waals surface area contributed by atoms with Gasteiger partial charge < -0.3 is 10.6 Å². The van der Waals surface area contributed by atoms with Gasteiger partial charge in [0.05, 0.1) is 17.6 Å². The number of aromatic nitrogens is 1. The maximum absolute atomic E-state index is 12.7. The molecule has 2 rings (SSSR count). The minimum absolute atomic E-state index is 0.206. The molecular formula is C14H13BrF3N3. The largest absolute Gasteiger partial charge is 0.433 e. The Balaban J connectivity index is 2.31. The lowest BCUT2D eigenvalue weighted by Gasteiger charge is -2.22. The zero-order valence-electron chi connectivity index (χ0n) is 11.2. The van der Waals surface area contributed by atoms with Gasteiger partial charge in [-0.05, 0) is 17.7 Å². The van der Waals surface area contributed by atoms with Gasteiger partial charge >= 0.3 is 6.18 Å². The summed E-state index contributed by atoms with van der Waals surface area (Å²) in [4.78, 5) is 4.99. The molecule has 7 heteroatoms. The Kier molecular flexibility index (Phi) is 4.41. The second kappa shape index (κ2) is 5.93. The number of nitrogen functional groups attached to an aromatic ring is 1. The van der Waals surface area contributed by atoms with Crippen molar-refractivity contribution in [2.24, 2.45) is 0 Å². The fraction of sp³-hybridized carbons (Fsp3) is 0.214. The molecule has 0 aliphatic carbocycles. The molecule has 112 valence electrons. The standard InChI is InChI=1S/C14H13BrF3N3/c1-21(8-9-4-2-3-5-10(9)15)12-6-13(14(16,17)18)20-7-11(12)19/h2-7H,8,19H2,1H3. The quantitative estimate of drug-likeness (QED) is 0.897. The number of hydrogen-bond donors (Lipinski definition) is 1. The SMILES string of the molecule is CN(Cc1ccccc1Br)c1cc(C(F)(F)F)ncc1N. The van der Waals surface area contributed by atoms with E-state index < -0.39 is 11.9 Å². The fourth-order valence-electron chi connectivity index (χ4n) is 1.91. The highest BCUT2D eigenvalue weighted by molar-refractivity contribution is 9.10. The normalized spacial score (nSPS) is 11.5. The average Bonchev–Trinajstić information content (AvgIpc) is 2.40. The van der Waals surface area contributed by atoms with E-state index in [1.54, 1.807) is 11.9 Å². The van der Waals surface area contributed by atoms with Crippen molar-refractivity contribution >= 4 is 27.3 Å². The van der Waals surface area contributed by atoms with Crippen molar-refractivity contribution in [2.45, 2.75) is 12.7 Å². The average molecular weight is 360 g/mol. The van der Waals surface area contributed by atoms with Crippen LogP contribution in [0, 0.1) is 0 Å². The van der Waals surface area contributed by atoms with Crippen LogP contribution in [0.4, 0.5) is 24.5 Å². The summed E-state index contributed by atoms with van der Waals surface area (Å²) >= 11 is 3.41. The molecule has 1 aromatic carbocycles. The lowest BCUT2D eigenvalue weighted by atomic mass is 10.2. The van der Waals surface area contributed by atoms with E-state index >= 15 is 0 Å². The van der Waals surface area contributed by atoms with E-state index in [-0.39, 0.29) is 5.69 Å². The molecule has 2 aromatic rings. The van der Waals surface area contributed by atoms with Crippen LogP contribution in [-0.4, -0.2) is 12.0 Å². The highest BCUT2D eigenvalue weighted by Gasteiger charge is 2.33. The highest BCUT2D eigenvalue weighted by Crippen LogP contribution is 2.33. The zero-order valence-corrected chi connectivity index (χ0v) is 12.7. The number of rotatable bonds is 3. The van der Waals surface area contributed by atoms with Crippen LogP contribution in [0.25, 0.3) is 0 Å². The molecule has 0 fully saturated rings. The molecule has 0 aliphatic rings. The number of benzene rings is 1. The van der Waals surface area contributed by atoms with Gasteiger partial charge in [0.2, 0.25) is 0 Å². The molecule has 0 radical (unpaired) electrons. The van der Waals surface area contributed by atoms with Gasteiger partial charge in [-0.1, -0.05) is 34.1 Å². The first-order valence-electron chi connectivity index (χ1n) is 6.06. The molecule has 1 aromatic heterocycles. The molecule has 2 N–H and O–H groups in total. The molecule has 0 saturated heterocycles. The number of anilines is 2. The van der Waals surface area contributed by atoms with E-state index in [1.165, 1.54) is 0 Å². The number of pyridine rings is 1. The number of alkyl halides is 3. The van der Waals surface area contributed by atoms with Crippen molar-refractivity contribution in [1.29, 1.82) is 0 Å². The molecule has 0 bridgehead atoms. The van der Waals surface area contributed by atoms with E-state index in [0.29, 0.717) is 12.2 Å². The Hall–Kier alpha value is -1.76. The molecule has 0 aliphatic heterocycles. The van der Waals surface area contributed by atoms with E-state index in [9.17, 15) is 13.2 Å². The van der Waals surface area contributed by atoms with Crippen LogP contribution < -0.4 is 10.6 Å². The van der Waals surface area contributed by atoms with Crippen LogP contribution in [0.3, 0.4) is 0 Å². The van der Waals surface area contributed by atoms with Crippen molar-refractivity contribution in [2.75, 3.05) is 17.7 Å². The van der Waals surface area contributed by atoms with Gasteiger partial charge in [0.25, 0.3) is 0 Å². The summed E-state index contributed by atoms with van der Waals surface area (Å²) in [7, 11) is 1.69. The third-order valence-electron chi connectivity index (χ3n) is 2.98. The molecule has 0 unspecified atom stereocenters. The number of halogens is 4. The molecular weight excluding hydrogens is 347 g/mol. The van der Waals surface area contributed by atoms with Crippen LogP contribution in [0.1, 0.15) is 11.3 Å². The van der Waals surface area contributed by atoms with Gasteiger partial charge in [-0.15, -0.1) is 0 Å². The van der Waals surface area contributed by atoms with E-state index in [0.717, 1.165) is 22.3 Å². The first-order valence-corrected chi connectivity index (χ1v) is 6.85. The lowest BCUT2D eigenvalue weighted by molar-refractivity contribution is -0.141. The van der Waals surface area contributed by atoms with Crippen LogP contribution in [-0.2, 0) is 12.7 Å². The van der Waals surface area contributed by atoms with Crippen LogP contribution in [0.15, 0.2) is 41.0 Å². The molecule has 1 heterocycles. The van der Waals surface area contributed by atoms with E-state index in [2.05, 4.69) is 20.9 Å². The van der Waals surface area contributed by atoms with Crippen molar-refractivity contribution in [3.05, 3.63) is 52.3 Å². The molecule has 21 heavy (non-hydrogen) atoms. The van der Waals surface area contributed by atoms with Gasteiger partial charge in [-0.25, -0.2) is 4.98 Å². The maximum atomic E-state index is 12.7. The van der Waals surface area contributed by atoms with Gasteiger partial charge in [0, 0.05) is 18.1 Å². The minimum Gasteiger partial charge on any atom is -0.396 e. The first-order chi connectivity index (χ1) is 9.79. The van der Waals surface area contributed by atoms with Crippen LogP contribution in [0.2, 0.25) is 0 Å². The summed E-state index contributed by atoms with van der Waals surface area (Å²) in [6.07, 6.45) is -3.45. The highest BCUT2D eigenvalue weighted by atomic mass is 79.9. The van der Waals surface area contributed by atoms with Gasteiger partial charge in [-0.2, -0.15) is 13.2 Å². The summed E-state index contributed by atoms with van der Waals surface area (Å²) in [6.45, 7) is 0.424. The Morgan fingerprint density at radius 2 is 1.95 bits per heavy atom. The lowest BCUT2D eigenvalue weighted by Crippen LogP contribution is -2.20. The summed E-state index contributed by atoms with van der Waals surface area (Å²) in [5.41, 5.74) is 6.24. The Labute approximate surface area is 128 Å². The first kappa shape index (κ1) is 15.6. The topological polar surface area (TPSA) is 42.2 Å². The number of nitrogens with zero attached hydrogens (tertiary/aromatic N) is 2. The Morgan fingerprint density at radius 1 is 1.29 bits per heavy atom. The summed E-state index contributed by atoms with van der Waals surface area (Å²) in [6, 6.07) is 8.47. The minimum atomic E-state index is -4.49. The molecule has 3 nitrogen and oxygen atoms in total. The monoisotopic (exact) mass is 359 g/mol. The zero-order chi connectivity index (χ0) is 15.6. The third kappa shape index (κ3) is 3.66. The van der Waals surface area contributed by atoms with Crippen molar-refractivity contribution < 1.29 is 13.2 Å².